The number of aromatic nitrogens is 1. The average Bonchev–Trinajstić information content (AvgIpc) is 2.84. The number of fused-ring (bicyclic) bond motifs is 4. The Morgan fingerprint density at radius 1 is 0.971 bits per heavy atom. The third kappa shape index (κ3) is 4.55. The van der Waals surface area contributed by atoms with Gasteiger partial charge in [0.15, 0.2) is 0 Å². The summed E-state index contributed by atoms with van der Waals surface area (Å²) in [5.41, 5.74) is 3.45. The number of sulfonamides is 1. The van der Waals surface area contributed by atoms with Crippen LogP contribution < -0.4 is 10.9 Å². The van der Waals surface area contributed by atoms with E-state index < -0.39 is 10.0 Å². The van der Waals surface area contributed by atoms with Gasteiger partial charge in [-0.15, -0.1) is 11.8 Å². The third-order valence-corrected chi connectivity index (χ3v) is 9.36. The van der Waals surface area contributed by atoms with Gasteiger partial charge in [0, 0.05) is 60.4 Å². The van der Waals surface area contributed by atoms with Crippen molar-refractivity contribution in [1.29, 1.82) is 0 Å². The van der Waals surface area contributed by atoms with Crippen LogP contribution in [0.2, 0.25) is 0 Å². The number of rotatable bonds is 5. The van der Waals surface area contributed by atoms with E-state index in [-0.39, 0.29) is 28.2 Å². The van der Waals surface area contributed by atoms with Crippen molar-refractivity contribution in [2.24, 2.45) is 5.92 Å². The quantitative estimate of drug-likeness (QED) is 0.525. The summed E-state index contributed by atoms with van der Waals surface area (Å²) in [6, 6.07) is 18.0. The number of hydrogen-bond acceptors (Lipinski definition) is 5. The normalized spacial score (nSPS) is 19.7. The first kappa shape index (κ1) is 23.8. The van der Waals surface area contributed by atoms with Crippen molar-refractivity contribution in [3.05, 3.63) is 76.7 Å². The molecule has 0 aliphatic carbocycles. The summed E-state index contributed by atoms with van der Waals surface area (Å²) in [6.07, 6.45) is 2.89. The molecule has 2 aliphatic rings. The topological polar surface area (TPSA) is 88.5 Å². The van der Waals surface area contributed by atoms with Crippen LogP contribution in [-0.2, 0) is 21.4 Å². The predicted octanol–water partition coefficient (Wildman–Crippen LogP) is 4.00. The Morgan fingerprint density at radius 2 is 1.69 bits per heavy atom. The number of piperidine rings is 1. The van der Waals surface area contributed by atoms with E-state index in [0.29, 0.717) is 25.3 Å². The number of thioether (sulfide) groups is 1. The van der Waals surface area contributed by atoms with Crippen molar-refractivity contribution >= 4 is 33.4 Å². The zero-order chi connectivity index (χ0) is 24.7. The molecule has 7 nitrogen and oxygen atoms in total. The largest absolute Gasteiger partial charge is 0.326 e. The lowest BCUT2D eigenvalue weighted by atomic mass is 9.81. The lowest BCUT2D eigenvalue weighted by Gasteiger charge is -2.42. The van der Waals surface area contributed by atoms with Gasteiger partial charge in [-0.1, -0.05) is 12.1 Å². The zero-order valence-corrected chi connectivity index (χ0v) is 21.2. The number of nitrogens with one attached hydrogen (secondary N) is 1. The molecule has 3 heterocycles. The molecule has 35 heavy (non-hydrogen) atoms. The first-order valence-electron chi connectivity index (χ1n) is 11.5. The van der Waals surface area contributed by atoms with E-state index in [1.54, 1.807) is 34.3 Å². The van der Waals surface area contributed by atoms with Crippen LogP contribution in [0.5, 0.6) is 0 Å². The van der Waals surface area contributed by atoms with Gasteiger partial charge in [-0.25, -0.2) is 8.42 Å². The average molecular weight is 510 g/mol. The molecule has 9 heteroatoms. The molecule has 2 aliphatic heterocycles. The highest BCUT2D eigenvalue weighted by Gasteiger charge is 2.40. The molecule has 1 N–H and O–H groups in total. The molecule has 1 fully saturated rings. The lowest BCUT2D eigenvalue weighted by molar-refractivity contribution is -0.114. The molecular weight excluding hydrogens is 482 g/mol. The molecule has 1 amide bonds. The summed E-state index contributed by atoms with van der Waals surface area (Å²) in [6.45, 7) is 2.62. The standard InChI is InChI=1S/C26H27N3O4S2/c1-17(30)27-21-5-9-23(10-6-21)35(32,33)28-14-18-13-20(16-28)26-24(11-12-25(31)29(26)15-18)19-3-7-22(34-2)8-4-19/h3-12,18,20H,13-16H2,1-2H3,(H,27,30)/t18-,20+/m0/s1. The van der Waals surface area contributed by atoms with Crippen molar-refractivity contribution in [2.45, 2.75) is 35.6 Å². The van der Waals surface area contributed by atoms with Gasteiger partial charge in [0.05, 0.1) is 4.90 Å². The number of anilines is 1. The summed E-state index contributed by atoms with van der Waals surface area (Å²) in [7, 11) is -3.72. The molecule has 1 aromatic heterocycles. The Kier molecular flexibility index (Phi) is 6.33. The van der Waals surface area contributed by atoms with E-state index in [2.05, 4.69) is 29.6 Å². The number of nitrogens with zero attached hydrogens (tertiary/aromatic N) is 2. The molecule has 0 radical (unpaired) electrons. The van der Waals surface area contributed by atoms with E-state index >= 15 is 0 Å². The van der Waals surface area contributed by atoms with E-state index in [1.165, 1.54) is 19.1 Å². The minimum Gasteiger partial charge on any atom is -0.326 e. The Labute approximate surface area is 209 Å². The van der Waals surface area contributed by atoms with Crippen molar-refractivity contribution < 1.29 is 13.2 Å². The van der Waals surface area contributed by atoms with Crippen LogP contribution in [0, 0.1) is 5.92 Å². The summed E-state index contributed by atoms with van der Waals surface area (Å²) >= 11 is 1.67. The van der Waals surface area contributed by atoms with Crippen LogP contribution in [0.15, 0.2) is 75.2 Å². The van der Waals surface area contributed by atoms with Gasteiger partial charge >= 0.3 is 0 Å². The zero-order valence-electron chi connectivity index (χ0n) is 19.6. The summed E-state index contributed by atoms with van der Waals surface area (Å²) in [5.74, 6) is -0.209. The third-order valence-electron chi connectivity index (χ3n) is 6.77. The molecule has 0 saturated carbocycles. The molecule has 2 aromatic carbocycles. The molecule has 2 bridgehead atoms. The first-order chi connectivity index (χ1) is 16.8. The fourth-order valence-electron chi connectivity index (χ4n) is 5.24. The van der Waals surface area contributed by atoms with Crippen molar-refractivity contribution in [3.63, 3.8) is 0 Å². The summed E-state index contributed by atoms with van der Waals surface area (Å²) in [4.78, 5) is 25.4. The molecule has 0 unspecified atom stereocenters. The molecule has 5 rings (SSSR count). The highest BCUT2D eigenvalue weighted by molar-refractivity contribution is 7.98. The molecule has 182 valence electrons. The number of carbonyl (C=O) groups excluding carboxylic acids is 1. The van der Waals surface area contributed by atoms with Gasteiger partial charge in [0.1, 0.15) is 0 Å². The minimum atomic E-state index is -3.72. The van der Waals surface area contributed by atoms with Crippen molar-refractivity contribution in [2.75, 3.05) is 24.7 Å². The van der Waals surface area contributed by atoms with Crippen LogP contribution >= 0.6 is 11.8 Å². The van der Waals surface area contributed by atoms with Crippen molar-refractivity contribution in [3.8, 4) is 11.1 Å². The van der Waals surface area contributed by atoms with Gasteiger partial charge in [0.25, 0.3) is 5.56 Å². The Bertz CT molecular complexity index is 1430. The van der Waals surface area contributed by atoms with Crippen LogP contribution in [0.3, 0.4) is 0 Å². The Hall–Kier alpha value is -2.88. The number of hydrogen-bond donors (Lipinski definition) is 1. The maximum absolute atomic E-state index is 13.5. The smallest absolute Gasteiger partial charge is 0.250 e. The van der Waals surface area contributed by atoms with Crippen LogP contribution in [-0.4, -0.2) is 42.5 Å². The molecule has 2 atom stereocenters. The van der Waals surface area contributed by atoms with Gasteiger partial charge in [-0.05, 0) is 66.6 Å². The maximum atomic E-state index is 13.5. The van der Waals surface area contributed by atoms with Gasteiger partial charge in [0.2, 0.25) is 15.9 Å². The number of amides is 1. The monoisotopic (exact) mass is 509 g/mol. The summed E-state index contributed by atoms with van der Waals surface area (Å²) < 4.78 is 30.5. The van der Waals surface area contributed by atoms with Gasteiger partial charge in [-0.2, -0.15) is 4.31 Å². The number of benzene rings is 2. The second-order valence-corrected chi connectivity index (χ2v) is 12.0. The van der Waals surface area contributed by atoms with Crippen LogP contribution in [0.4, 0.5) is 5.69 Å². The summed E-state index contributed by atoms with van der Waals surface area (Å²) in [5, 5.41) is 2.66. The SMILES string of the molecule is CSc1ccc(-c2ccc(=O)n3c2[C@@H]2C[C@@H](CN(S(=O)(=O)c4ccc(NC(C)=O)cc4)C2)C3)cc1. The number of pyridine rings is 1. The fraction of sp³-hybridized carbons (Fsp3) is 0.308. The minimum absolute atomic E-state index is 0.0379. The predicted molar refractivity (Wildman–Crippen MR) is 138 cm³/mol. The Balaban J connectivity index is 1.49. The fourth-order valence-corrected chi connectivity index (χ4v) is 7.21. The second kappa shape index (κ2) is 9.29. The first-order valence-corrected chi connectivity index (χ1v) is 14.2. The molecule has 0 spiro atoms. The van der Waals surface area contributed by atoms with E-state index in [4.69, 9.17) is 0 Å². The van der Waals surface area contributed by atoms with Crippen LogP contribution in [0.1, 0.15) is 25.0 Å². The van der Waals surface area contributed by atoms with E-state index in [9.17, 15) is 18.0 Å². The van der Waals surface area contributed by atoms with E-state index in [0.717, 1.165) is 28.1 Å². The van der Waals surface area contributed by atoms with E-state index in [1.807, 2.05) is 16.9 Å². The Morgan fingerprint density at radius 3 is 2.34 bits per heavy atom. The highest BCUT2D eigenvalue weighted by Crippen LogP contribution is 2.41. The van der Waals surface area contributed by atoms with Gasteiger partial charge < -0.3 is 9.88 Å². The highest BCUT2D eigenvalue weighted by atomic mass is 32.2. The molecule has 1 saturated heterocycles. The maximum Gasteiger partial charge on any atom is 0.250 e. The van der Waals surface area contributed by atoms with Gasteiger partial charge in [-0.3, -0.25) is 9.59 Å². The molecular formula is C26H27N3O4S2. The van der Waals surface area contributed by atoms with Crippen LogP contribution in [0.25, 0.3) is 11.1 Å². The second-order valence-electron chi connectivity index (χ2n) is 9.14. The van der Waals surface area contributed by atoms with Crippen molar-refractivity contribution in [1.82, 2.24) is 8.87 Å². The lowest BCUT2D eigenvalue weighted by Crippen LogP contribution is -2.49. The molecule has 3 aromatic rings. The number of carbonyl (C=O) groups is 1.